The fraction of sp³-hybridized carbons (Fsp3) is 0.500. The lowest BCUT2D eigenvalue weighted by Gasteiger charge is -2.18. The minimum Gasteiger partial charge on any atom is -0.382 e. The van der Waals surface area contributed by atoms with E-state index in [1.165, 1.54) is 0 Å². The van der Waals surface area contributed by atoms with Crippen LogP contribution in [-0.2, 0) is 0 Å². The molecule has 1 atom stereocenters. The van der Waals surface area contributed by atoms with Crippen molar-refractivity contribution in [2.45, 2.75) is 33.7 Å². The van der Waals surface area contributed by atoms with E-state index in [9.17, 15) is 4.39 Å². The van der Waals surface area contributed by atoms with Gasteiger partial charge < -0.3 is 5.32 Å². The molecular formula is C12H18FN. The number of rotatable bonds is 3. The van der Waals surface area contributed by atoms with Crippen LogP contribution >= 0.6 is 0 Å². The summed E-state index contributed by atoms with van der Waals surface area (Å²) in [6, 6.07) is 5.62. The van der Waals surface area contributed by atoms with Gasteiger partial charge in [0.25, 0.3) is 0 Å². The van der Waals surface area contributed by atoms with Crippen molar-refractivity contribution in [2.75, 3.05) is 5.32 Å². The first-order chi connectivity index (χ1) is 6.50. The highest BCUT2D eigenvalue weighted by Crippen LogP contribution is 2.16. The molecule has 1 aromatic rings. The van der Waals surface area contributed by atoms with Gasteiger partial charge in [0.15, 0.2) is 0 Å². The van der Waals surface area contributed by atoms with Crippen molar-refractivity contribution >= 4 is 5.69 Å². The zero-order chi connectivity index (χ0) is 10.7. The van der Waals surface area contributed by atoms with E-state index in [0.29, 0.717) is 17.5 Å². The van der Waals surface area contributed by atoms with Gasteiger partial charge >= 0.3 is 0 Å². The standard InChI is InChI=1S/C12H18FN/c1-8(2)10(4)14-11-6-5-9(3)12(13)7-11/h5-8,10,14H,1-4H3/t10-/m1/s1. The molecule has 0 heterocycles. The van der Waals surface area contributed by atoms with Crippen LogP contribution in [0.4, 0.5) is 10.1 Å². The lowest BCUT2D eigenvalue weighted by molar-refractivity contribution is 0.558. The molecule has 1 N–H and O–H groups in total. The number of benzene rings is 1. The van der Waals surface area contributed by atoms with E-state index in [1.807, 2.05) is 6.07 Å². The molecule has 0 aromatic heterocycles. The first-order valence-electron chi connectivity index (χ1n) is 5.03. The molecule has 0 radical (unpaired) electrons. The van der Waals surface area contributed by atoms with Gasteiger partial charge in [-0.05, 0) is 37.5 Å². The van der Waals surface area contributed by atoms with Gasteiger partial charge in [0, 0.05) is 11.7 Å². The number of anilines is 1. The summed E-state index contributed by atoms with van der Waals surface area (Å²) in [6.07, 6.45) is 0. The van der Waals surface area contributed by atoms with Gasteiger partial charge in [-0.3, -0.25) is 0 Å². The van der Waals surface area contributed by atoms with Crippen molar-refractivity contribution < 1.29 is 4.39 Å². The Kier molecular flexibility index (Phi) is 3.50. The highest BCUT2D eigenvalue weighted by molar-refractivity contribution is 5.45. The molecule has 0 bridgehead atoms. The Morgan fingerprint density at radius 3 is 2.36 bits per heavy atom. The maximum absolute atomic E-state index is 13.2. The molecule has 0 aliphatic carbocycles. The Hall–Kier alpha value is -1.05. The zero-order valence-electron chi connectivity index (χ0n) is 9.26. The van der Waals surface area contributed by atoms with Crippen LogP contribution in [0, 0.1) is 18.7 Å². The van der Waals surface area contributed by atoms with E-state index < -0.39 is 0 Å². The minimum absolute atomic E-state index is 0.147. The van der Waals surface area contributed by atoms with Crippen molar-refractivity contribution in [3.8, 4) is 0 Å². The molecule has 0 amide bonds. The van der Waals surface area contributed by atoms with Gasteiger partial charge in [-0.15, -0.1) is 0 Å². The Morgan fingerprint density at radius 1 is 1.21 bits per heavy atom. The molecule has 0 aliphatic heterocycles. The molecular weight excluding hydrogens is 177 g/mol. The van der Waals surface area contributed by atoms with E-state index in [4.69, 9.17) is 0 Å². The van der Waals surface area contributed by atoms with Crippen LogP contribution in [-0.4, -0.2) is 6.04 Å². The summed E-state index contributed by atoms with van der Waals surface area (Å²) < 4.78 is 13.2. The number of hydrogen-bond donors (Lipinski definition) is 1. The summed E-state index contributed by atoms with van der Waals surface area (Å²) in [5.41, 5.74) is 1.54. The minimum atomic E-state index is -0.147. The Morgan fingerprint density at radius 2 is 1.86 bits per heavy atom. The highest BCUT2D eigenvalue weighted by atomic mass is 19.1. The Bertz CT molecular complexity index is 307. The van der Waals surface area contributed by atoms with E-state index in [2.05, 4.69) is 26.1 Å². The summed E-state index contributed by atoms with van der Waals surface area (Å²) >= 11 is 0. The largest absolute Gasteiger partial charge is 0.382 e. The molecule has 78 valence electrons. The number of hydrogen-bond acceptors (Lipinski definition) is 1. The van der Waals surface area contributed by atoms with Gasteiger partial charge in [0.05, 0.1) is 0 Å². The second-order valence-electron chi connectivity index (χ2n) is 4.14. The van der Waals surface area contributed by atoms with E-state index in [-0.39, 0.29) is 5.82 Å². The van der Waals surface area contributed by atoms with Crippen molar-refractivity contribution in [1.29, 1.82) is 0 Å². The Balaban J connectivity index is 2.73. The lowest BCUT2D eigenvalue weighted by atomic mass is 10.1. The number of aryl methyl sites for hydroxylation is 1. The molecule has 0 spiro atoms. The molecule has 14 heavy (non-hydrogen) atoms. The fourth-order valence-electron chi connectivity index (χ4n) is 1.11. The van der Waals surface area contributed by atoms with Gasteiger partial charge in [0.1, 0.15) is 5.82 Å². The van der Waals surface area contributed by atoms with Gasteiger partial charge in [-0.25, -0.2) is 4.39 Å². The molecule has 1 aromatic carbocycles. The summed E-state index contributed by atoms with van der Waals surface area (Å²) in [5, 5.41) is 3.27. The lowest BCUT2D eigenvalue weighted by Crippen LogP contribution is -2.21. The van der Waals surface area contributed by atoms with Crippen LogP contribution in [0.3, 0.4) is 0 Å². The first-order valence-corrected chi connectivity index (χ1v) is 5.03. The maximum atomic E-state index is 13.2. The molecule has 0 aliphatic rings. The second-order valence-corrected chi connectivity index (χ2v) is 4.14. The third-order valence-electron chi connectivity index (χ3n) is 2.57. The topological polar surface area (TPSA) is 12.0 Å². The monoisotopic (exact) mass is 195 g/mol. The molecule has 0 fully saturated rings. The van der Waals surface area contributed by atoms with Crippen molar-refractivity contribution in [1.82, 2.24) is 0 Å². The SMILES string of the molecule is Cc1ccc(N[C@H](C)C(C)C)cc1F. The average molecular weight is 195 g/mol. The first kappa shape index (κ1) is 11.0. The van der Waals surface area contributed by atoms with E-state index >= 15 is 0 Å². The predicted octanol–water partition coefficient (Wildman–Crippen LogP) is 3.59. The Labute approximate surface area is 85.3 Å². The summed E-state index contributed by atoms with van der Waals surface area (Å²) in [4.78, 5) is 0. The molecule has 2 heteroatoms. The van der Waals surface area contributed by atoms with E-state index in [1.54, 1.807) is 19.1 Å². The van der Waals surface area contributed by atoms with Crippen molar-refractivity contribution in [3.05, 3.63) is 29.6 Å². The number of nitrogens with one attached hydrogen (secondary N) is 1. The fourth-order valence-corrected chi connectivity index (χ4v) is 1.11. The highest BCUT2D eigenvalue weighted by Gasteiger charge is 2.07. The number of halogens is 1. The van der Waals surface area contributed by atoms with Crippen LogP contribution in [0.5, 0.6) is 0 Å². The van der Waals surface area contributed by atoms with Crippen LogP contribution < -0.4 is 5.32 Å². The molecule has 0 saturated carbocycles. The van der Waals surface area contributed by atoms with Crippen molar-refractivity contribution in [2.24, 2.45) is 5.92 Å². The third-order valence-corrected chi connectivity index (χ3v) is 2.57. The van der Waals surface area contributed by atoms with Gasteiger partial charge in [-0.2, -0.15) is 0 Å². The summed E-state index contributed by atoms with van der Waals surface area (Å²) in [6.45, 7) is 8.15. The summed E-state index contributed by atoms with van der Waals surface area (Å²) in [7, 11) is 0. The van der Waals surface area contributed by atoms with Gasteiger partial charge in [0.2, 0.25) is 0 Å². The van der Waals surface area contributed by atoms with Crippen molar-refractivity contribution in [3.63, 3.8) is 0 Å². The van der Waals surface area contributed by atoms with Crippen LogP contribution in [0.25, 0.3) is 0 Å². The predicted molar refractivity (Wildman–Crippen MR) is 59.1 cm³/mol. The van der Waals surface area contributed by atoms with Crippen LogP contribution in [0.15, 0.2) is 18.2 Å². The van der Waals surface area contributed by atoms with Crippen LogP contribution in [0.1, 0.15) is 26.3 Å². The smallest absolute Gasteiger partial charge is 0.128 e. The molecule has 1 rings (SSSR count). The van der Waals surface area contributed by atoms with Crippen LogP contribution in [0.2, 0.25) is 0 Å². The van der Waals surface area contributed by atoms with Gasteiger partial charge in [-0.1, -0.05) is 19.9 Å². The molecule has 0 unspecified atom stereocenters. The second kappa shape index (κ2) is 4.45. The summed E-state index contributed by atoms with van der Waals surface area (Å²) in [5.74, 6) is 0.394. The quantitative estimate of drug-likeness (QED) is 0.777. The zero-order valence-corrected chi connectivity index (χ0v) is 9.26. The third kappa shape index (κ3) is 2.72. The normalized spacial score (nSPS) is 13.0. The molecule has 0 saturated heterocycles. The average Bonchev–Trinajstić information content (AvgIpc) is 2.11. The van der Waals surface area contributed by atoms with E-state index in [0.717, 1.165) is 5.69 Å². The maximum Gasteiger partial charge on any atom is 0.128 e. The molecule has 1 nitrogen and oxygen atoms in total.